The molecule has 2 aromatic carbocycles. The van der Waals surface area contributed by atoms with Crippen LogP contribution in [0.2, 0.25) is 5.02 Å². The van der Waals surface area contributed by atoms with Gasteiger partial charge >= 0.3 is 6.16 Å². The monoisotopic (exact) mass is 464 g/mol. The largest absolute Gasteiger partial charge is 0.513 e. The predicted octanol–water partition coefficient (Wildman–Crippen LogP) is 5.37. The molecule has 0 unspecified atom stereocenters. The topological polar surface area (TPSA) is 44.8 Å². The van der Waals surface area contributed by atoms with Crippen LogP contribution in [-0.4, -0.2) is 13.3 Å². The molecule has 0 saturated heterocycles. The molecule has 0 saturated carbocycles. The van der Waals surface area contributed by atoms with Gasteiger partial charge in [-0.3, -0.25) is 0 Å². The zero-order chi connectivity index (χ0) is 17.7. The zero-order valence-electron chi connectivity index (χ0n) is 13.1. The Morgan fingerprint density at radius 1 is 1.29 bits per heavy atom. The van der Waals surface area contributed by atoms with Crippen LogP contribution in [0.25, 0.3) is 0 Å². The Labute approximate surface area is 158 Å². The first-order chi connectivity index (χ1) is 11.5. The predicted molar refractivity (Wildman–Crippen MR) is 97.3 cm³/mol. The van der Waals surface area contributed by atoms with E-state index in [1.165, 1.54) is 19.2 Å². The molecule has 0 spiro atoms. The first-order valence-electron chi connectivity index (χ1n) is 7.10. The van der Waals surface area contributed by atoms with E-state index in [0.29, 0.717) is 28.3 Å². The van der Waals surface area contributed by atoms with Crippen molar-refractivity contribution < 1.29 is 23.4 Å². The van der Waals surface area contributed by atoms with E-state index in [2.05, 4.69) is 27.3 Å². The molecule has 0 fully saturated rings. The lowest BCUT2D eigenvalue weighted by molar-refractivity contribution is 0.120. The van der Waals surface area contributed by atoms with Gasteiger partial charge in [0.25, 0.3) is 0 Å². The van der Waals surface area contributed by atoms with Crippen LogP contribution >= 0.6 is 34.2 Å². The Hall–Kier alpha value is -1.54. The number of aryl methyl sites for hydroxylation is 1. The summed E-state index contributed by atoms with van der Waals surface area (Å²) in [6.07, 6.45) is -0.205. The molecule has 0 bridgehead atoms. The summed E-state index contributed by atoms with van der Waals surface area (Å²) in [5, 5.41) is 0.447. The van der Waals surface area contributed by atoms with E-state index in [1.807, 2.05) is 13.0 Å². The summed E-state index contributed by atoms with van der Waals surface area (Å²) >= 11 is 8.18. The number of hydrogen-bond acceptors (Lipinski definition) is 4. The first kappa shape index (κ1) is 18.8. The Bertz CT molecular complexity index is 752. The Morgan fingerprint density at radius 3 is 2.71 bits per heavy atom. The van der Waals surface area contributed by atoms with Gasteiger partial charge in [-0.25, -0.2) is 9.18 Å². The molecule has 0 heterocycles. The van der Waals surface area contributed by atoms with Crippen molar-refractivity contribution >= 4 is 40.3 Å². The number of methoxy groups -OCH3 is 1. The molecule has 4 nitrogen and oxygen atoms in total. The average molecular weight is 465 g/mol. The molecule has 2 rings (SSSR count). The highest BCUT2D eigenvalue weighted by molar-refractivity contribution is 14.1. The molecule has 24 heavy (non-hydrogen) atoms. The van der Waals surface area contributed by atoms with E-state index >= 15 is 0 Å². The summed E-state index contributed by atoms with van der Waals surface area (Å²) in [6.45, 7) is 1.91. The second kappa shape index (κ2) is 8.53. The molecule has 2 aromatic rings. The van der Waals surface area contributed by atoms with Crippen LogP contribution in [0.5, 0.6) is 11.5 Å². The number of halogens is 3. The van der Waals surface area contributed by atoms with Gasteiger partial charge in [0.2, 0.25) is 0 Å². The maximum Gasteiger partial charge on any atom is 0.513 e. The zero-order valence-corrected chi connectivity index (χ0v) is 16.0. The third-order valence-corrected chi connectivity index (χ3v) is 4.65. The number of hydrogen-bond donors (Lipinski definition) is 0. The summed E-state index contributed by atoms with van der Waals surface area (Å²) in [4.78, 5) is 11.3. The molecule has 0 aliphatic carbocycles. The highest BCUT2D eigenvalue weighted by Gasteiger charge is 2.15. The van der Waals surface area contributed by atoms with Gasteiger partial charge in [0, 0.05) is 20.2 Å². The van der Waals surface area contributed by atoms with Gasteiger partial charge in [-0.1, -0.05) is 24.6 Å². The highest BCUT2D eigenvalue weighted by Crippen LogP contribution is 2.30. The summed E-state index contributed by atoms with van der Waals surface area (Å²) in [6, 6.07) is 7.98. The van der Waals surface area contributed by atoms with Gasteiger partial charge in [0.05, 0.1) is 7.11 Å². The van der Waals surface area contributed by atoms with Crippen molar-refractivity contribution in [3.05, 3.63) is 55.9 Å². The molecule has 7 heteroatoms. The maximum atomic E-state index is 14.1. The number of ether oxygens (including phenoxy) is 3. The van der Waals surface area contributed by atoms with Crippen LogP contribution in [0.4, 0.5) is 9.18 Å². The Balaban J connectivity index is 2.23. The average Bonchev–Trinajstić information content (AvgIpc) is 2.56. The smallest absolute Gasteiger partial charge is 0.486 e. The van der Waals surface area contributed by atoms with Crippen LogP contribution in [0.15, 0.2) is 30.3 Å². The van der Waals surface area contributed by atoms with Crippen molar-refractivity contribution in [2.75, 3.05) is 7.11 Å². The highest BCUT2D eigenvalue weighted by atomic mass is 127. The molecule has 0 radical (unpaired) electrons. The minimum Gasteiger partial charge on any atom is -0.486 e. The van der Waals surface area contributed by atoms with Crippen molar-refractivity contribution in [3.63, 3.8) is 0 Å². The van der Waals surface area contributed by atoms with E-state index in [9.17, 15) is 9.18 Å². The molecule has 0 aliphatic heterocycles. The molecular formula is C17H15ClFIO4. The van der Waals surface area contributed by atoms with Gasteiger partial charge in [0.15, 0.2) is 11.6 Å². The molecule has 0 aromatic heterocycles. The van der Waals surface area contributed by atoms with Gasteiger partial charge in [0.1, 0.15) is 12.4 Å². The number of benzene rings is 2. The van der Waals surface area contributed by atoms with E-state index < -0.39 is 12.0 Å². The lowest BCUT2D eigenvalue weighted by Crippen LogP contribution is -2.11. The lowest BCUT2D eigenvalue weighted by Gasteiger charge is -2.14. The Morgan fingerprint density at radius 2 is 2.04 bits per heavy atom. The van der Waals surface area contributed by atoms with Gasteiger partial charge < -0.3 is 14.2 Å². The van der Waals surface area contributed by atoms with Crippen molar-refractivity contribution in [3.8, 4) is 11.5 Å². The SMILES string of the molecule is CCc1cc(F)c(OCc2c(I)cccc2OC(=O)OC)cc1Cl. The lowest BCUT2D eigenvalue weighted by atomic mass is 10.1. The normalized spacial score (nSPS) is 10.4. The summed E-state index contributed by atoms with van der Waals surface area (Å²) < 4.78 is 30.0. The van der Waals surface area contributed by atoms with Gasteiger partial charge in [-0.05, 0) is 52.8 Å². The van der Waals surface area contributed by atoms with Crippen LogP contribution in [0.1, 0.15) is 18.1 Å². The Kier molecular flexibility index (Phi) is 6.68. The minimum atomic E-state index is -0.834. The molecular weight excluding hydrogens is 450 g/mol. The quantitative estimate of drug-likeness (QED) is 0.339. The van der Waals surface area contributed by atoms with Gasteiger partial charge in [-0.2, -0.15) is 0 Å². The minimum absolute atomic E-state index is 0.0180. The van der Waals surface area contributed by atoms with Crippen molar-refractivity contribution in [2.24, 2.45) is 0 Å². The second-order valence-electron chi connectivity index (χ2n) is 4.79. The molecule has 0 N–H and O–H groups in total. The third kappa shape index (κ3) is 4.51. The van der Waals surface area contributed by atoms with Crippen LogP contribution < -0.4 is 9.47 Å². The number of rotatable bonds is 5. The van der Waals surface area contributed by atoms with Crippen LogP contribution in [0, 0.1) is 9.39 Å². The van der Waals surface area contributed by atoms with Crippen molar-refractivity contribution in [1.29, 1.82) is 0 Å². The van der Waals surface area contributed by atoms with E-state index in [-0.39, 0.29) is 12.4 Å². The van der Waals surface area contributed by atoms with Gasteiger partial charge in [-0.15, -0.1) is 0 Å². The number of carbonyl (C=O) groups is 1. The van der Waals surface area contributed by atoms with E-state index in [1.54, 1.807) is 12.1 Å². The molecule has 0 atom stereocenters. The van der Waals surface area contributed by atoms with E-state index in [4.69, 9.17) is 21.1 Å². The maximum absolute atomic E-state index is 14.1. The van der Waals surface area contributed by atoms with Crippen molar-refractivity contribution in [2.45, 2.75) is 20.0 Å². The summed E-state index contributed by atoms with van der Waals surface area (Å²) in [5.41, 5.74) is 1.32. The fraction of sp³-hybridized carbons (Fsp3) is 0.235. The van der Waals surface area contributed by atoms with Crippen LogP contribution in [-0.2, 0) is 17.8 Å². The first-order valence-corrected chi connectivity index (χ1v) is 8.55. The third-order valence-electron chi connectivity index (χ3n) is 3.29. The van der Waals surface area contributed by atoms with Crippen LogP contribution in [0.3, 0.4) is 0 Å². The molecule has 0 aliphatic rings. The fourth-order valence-electron chi connectivity index (χ4n) is 2.01. The number of carbonyl (C=O) groups excluding carboxylic acids is 1. The standard InChI is InChI=1S/C17H15ClFIO4/c1-3-10-7-13(19)16(8-12(10)18)23-9-11-14(20)5-4-6-15(11)24-17(21)22-2/h4-8H,3,9H2,1-2H3. The summed E-state index contributed by atoms with van der Waals surface area (Å²) in [5.74, 6) is -0.149. The fourth-order valence-corrected chi connectivity index (χ4v) is 2.92. The van der Waals surface area contributed by atoms with E-state index in [0.717, 1.165) is 3.57 Å². The summed E-state index contributed by atoms with van der Waals surface area (Å²) in [7, 11) is 1.22. The molecule has 0 amide bonds. The second-order valence-corrected chi connectivity index (χ2v) is 6.36. The molecule has 128 valence electrons. The van der Waals surface area contributed by atoms with Crippen molar-refractivity contribution in [1.82, 2.24) is 0 Å².